The van der Waals surface area contributed by atoms with Crippen LogP contribution in [0.2, 0.25) is 0 Å². The molecule has 15 heavy (non-hydrogen) atoms. The van der Waals surface area contributed by atoms with Crippen molar-refractivity contribution in [2.75, 3.05) is 33.4 Å². The van der Waals surface area contributed by atoms with Crippen LogP contribution in [-0.2, 0) is 4.74 Å². The van der Waals surface area contributed by atoms with Gasteiger partial charge in [-0.15, -0.1) is 0 Å². The van der Waals surface area contributed by atoms with E-state index < -0.39 is 0 Å². The lowest BCUT2D eigenvalue weighted by Crippen LogP contribution is -2.46. The third kappa shape index (κ3) is 4.96. The van der Waals surface area contributed by atoms with Crippen LogP contribution >= 0.6 is 0 Å². The summed E-state index contributed by atoms with van der Waals surface area (Å²) in [6.45, 7) is 8.42. The van der Waals surface area contributed by atoms with Gasteiger partial charge in [-0.3, -0.25) is 0 Å². The van der Waals surface area contributed by atoms with E-state index in [-0.39, 0.29) is 0 Å². The van der Waals surface area contributed by atoms with Crippen LogP contribution in [0.3, 0.4) is 0 Å². The molecule has 2 atom stereocenters. The second-order valence-corrected chi connectivity index (χ2v) is 4.62. The van der Waals surface area contributed by atoms with E-state index in [1.165, 1.54) is 19.4 Å². The molecule has 0 aromatic rings. The number of hydrogen-bond acceptors (Lipinski definition) is 3. The van der Waals surface area contributed by atoms with Crippen molar-refractivity contribution in [3.63, 3.8) is 0 Å². The molecule has 1 fully saturated rings. The van der Waals surface area contributed by atoms with E-state index in [9.17, 15) is 0 Å². The zero-order chi connectivity index (χ0) is 11.1. The molecule has 3 heteroatoms. The van der Waals surface area contributed by atoms with Crippen molar-refractivity contribution in [2.45, 2.75) is 45.2 Å². The number of likely N-dealkylation sites (tertiary alicyclic amines) is 1. The number of ether oxygens (including phenoxy) is 1. The fourth-order valence-corrected chi connectivity index (χ4v) is 2.06. The van der Waals surface area contributed by atoms with Gasteiger partial charge in [0.25, 0.3) is 0 Å². The lowest BCUT2D eigenvalue weighted by atomic mass is 9.99. The molecule has 0 amide bonds. The number of hydrogen-bond donors (Lipinski definition) is 1. The molecule has 0 aliphatic carbocycles. The summed E-state index contributed by atoms with van der Waals surface area (Å²) >= 11 is 0. The van der Waals surface area contributed by atoms with Gasteiger partial charge in [-0.25, -0.2) is 0 Å². The second kappa shape index (κ2) is 7.20. The Morgan fingerprint density at radius 2 is 2.20 bits per heavy atom. The summed E-state index contributed by atoms with van der Waals surface area (Å²) < 4.78 is 5.45. The first-order valence-electron chi connectivity index (χ1n) is 6.25. The molecule has 1 aliphatic heterocycles. The lowest BCUT2D eigenvalue weighted by molar-refractivity contribution is 0.124. The van der Waals surface area contributed by atoms with Crippen molar-refractivity contribution in [2.24, 2.45) is 0 Å². The van der Waals surface area contributed by atoms with E-state index in [4.69, 9.17) is 4.74 Å². The first-order chi connectivity index (χ1) is 7.24. The van der Waals surface area contributed by atoms with Gasteiger partial charge >= 0.3 is 0 Å². The summed E-state index contributed by atoms with van der Waals surface area (Å²) in [6, 6.07) is 1.41. The minimum absolute atomic E-state index is 0.696. The predicted octanol–water partition coefficient (Wildman–Crippen LogP) is 1.49. The zero-order valence-electron chi connectivity index (χ0n) is 10.5. The number of nitrogens with one attached hydrogen (secondary N) is 1. The van der Waals surface area contributed by atoms with Gasteiger partial charge in [0.15, 0.2) is 0 Å². The number of piperidine rings is 1. The van der Waals surface area contributed by atoms with Crippen LogP contribution in [0.5, 0.6) is 0 Å². The second-order valence-electron chi connectivity index (χ2n) is 4.62. The Labute approximate surface area is 94.2 Å². The predicted molar refractivity (Wildman–Crippen MR) is 64.2 cm³/mol. The molecular formula is C12H26N2O. The molecule has 0 aromatic heterocycles. The molecule has 1 rings (SSSR count). The molecule has 0 radical (unpaired) electrons. The highest BCUT2D eigenvalue weighted by Crippen LogP contribution is 2.14. The summed E-state index contributed by atoms with van der Waals surface area (Å²) in [7, 11) is 2.21. The third-order valence-corrected chi connectivity index (χ3v) is 3.24. The molecule has 3 nitrogen and oxygen atoms in total. The average molecular weight is 214 g/mol. The number of nitrogens with zero attached hydrogens (tertiary/aromatic N) is 1. The van der Waals surface area contributed by atoms with Gasteiger partial charge in [0.05, 0.1) is 6.61 Å². The molecule has 2 unspecified atom stereocenters. The molecule has 0 saturated carbocycles. The van der Waals surface area contributed by atoms with Crippen LogP contribution in [0.1, 0.15) is 33.1 Å². The Kier molecular flexibility index (Phi) is 6.22. The van der Waals surface area contributed by atoms with E-state index in [0.29, 0.717) is 12.1 Å². The first kappa shape index (κ1) is 12.9. The molecule has 1 heterocycles. The van der Waals surface area contributed by atoms with Gasteiger partial charge in [0.2, 0.25) is 0 Å². The molecular weight excluding hydrogens is 188 g/mol. The Hall–Kier alpha value is -0.120. The summed E-state index contributed by atoms with van der Waals surface area (Å²) in [4.78, 5) is 2.44. The van der Waals surface area contributed by atoms with Crippen LogP contribution in [0.4, 0.5) is 0 Å². The van der Waals surface area contributed by atoms with E-state index in [2.05, 4.69) is 31.1 Å². The Bertz CT molecular complexity index is 164. The topological polar surface area (TPSA) is 24.5 Å². The molecule has 1 aliphatic rings. The fourth-order valence-electron chi connectivity index (χ4n) is 2.06. The van der Waals surface area contributed by atoms with Crippen LogP contribution < -0.4 is 5.32 Å². The van der Waals surface area contributed by atoms with Crippen molar-refractivity contribution < 1.29 is 4.74 Å². The van der Waals surface area contributed by atoms with Gasteiger partial charge in [-0.1, -0.05) is 6.92 Å². The fraction of sp³-hybridized carbons (Fsp3) is 1.00. The Morgan fingerprint density at radius 1 is 1.40 bits per heavy atom. The molecule has 1 saturated heterocycles. The Balaban J connectivity index is 2.02. The summed E-state index contributed by atoms with van der Waals surface area (Å²) in [5, 5.41) is 3.58. The van der Waals surface area contributed by atoms with Crippen molar-refractivity contribution in [3.8, 4) is 0 Å². The summed E-state index contributed by atoms with van der Waals surface area (Å²) in [5.41, 5.74) is 0. The number of rotatable bonds is 6. The third-order valence-electron chi connectivity index (χ3n) is 3.24. The van der Waals surface area contributed by atoms with Crippen molar-refractivity contribution in [1.82, 2.24) is 10.2 Å². The van der Waals surface area contributed by atoms with Crippen LogP contribution in [-0.4, -0.2) is 50.3 Å². The normalized spacial score (nSPS) is 28.2. The molecule has 0 spiro atoms. The molecule has 0 aromatic carbocycles. The lowest BCUT2D eigenvalue weighted by Gasteiger charge is -2.35. The minimum Gasteiger partial charge on any atom is -0.380 e. The van der Waals surface area contributed by atoms with Gasteiger partial charge < -0.3 is 15.0 Å². The van der Waals surface area contributed by atoms with E-state index in [1.807, 2.05) is 0 Å². The highest BCUT2D eigenvalue weighted by molar-refractivity contribution is 4.80. The zero-order valence-corrected chi connectivity index (χ0v) is 10.5. The SMILES string of the molecule is CCCOCCNC1CCN(C)C(C)C1. The van der Waals surface area contributed by atoms with Crippen LogP contribution in [0.25, 0.3) is 0 Å². The maximum atomic E-state index is 5.45. The smallest absolute Gasteiger partial charge is 0.0590 e. The van der Waals surface area contributed by atoms with Gasteiger partial charge in [0, 0.05) is 25.2 Å². The van der Waals surface area contributed by atoms with E-state index in [1.54, 1.807) is 0 Å². The average Bonchev–Trinajstić information content (AvgIpc) is 2.23. The van der Waals surface area contributed by atoms with Crippen LogP contribution in [0, 0.1) is 0 Å². The summed E-state index contributed by atoms with van der Waals surface area (Å²) in [6.07, 6.45) is 3.66. The standard InChI is InChI=1S/C12H26N2O/c1-4-8-15-9-6-13-12-5-7-14(3)11(2)10-12/h11-13H,4-10H2,1-3H3. The largest absolute Gasteiger partial charge is 0.380 e. The van der Waals surface area contributed by atoms with Crippen molar-refractivity contribution >= 4 is 0 Å². The van der Waals surface area contributed by atoms with Gasteiger partial charge in [-0.05, 0) is 39.8 Å². The van der Waals surface area contributed by atoms with Gasteiger partial charge in [-0.2, -0.15) is 0 Å². The monoisotopic (exact) mass is 214 g/mol. The minimum atomic E-state index is 0.696. The van der Waals surface area contributed by atoms with Crippen molar-refractivity contribution in [1.29, 1.82) is 0 Å². The van der Waals surface area contributed by atoms with E-state index in [0.717, 1.165) is 26.2 Å². The highest BCUT2D eigenvalue weighted by Gasteiger charge is 2.21. The molecule has 0 bridgehead atoms. The van der Waals surface area contributed by atoms with Crippen LogP contribution in [0.15, 0.2) is 0 Å². The summed E-state index contributed by atoms with van der Waals surface area (Å²) in [5.74, 6) is 0. The quantitative estimate of drug-likeness (QED) is 0.678. The molecule has 1 N–H and O–H groups in total. The first-order valence-corrected chi connectivity index (χ1v) is 6.25. The van der Waals surface area contributed by atoms with E-state index >= 15 is 0 Å². The Morgan fingerprint density at radius 3 is 2.87 bits per heavy atom. The van der Waals surface area contributed by atoms with Crippen molar-refractivity contribution in [3.05, 3.63) is 0 Å². The molecule has 90 valence electrons. The highest BCUT2D eigenvalue weighted by atomic mass is 16.5. The maximum absolute atomic E-state index is 5.45. The van der Waals surface area contributed by atoms with Gasteiger partial charge in [0.1, 0.15) is 0 Å². The maximum Gasteiger partial charge on any atom is 0.0590 e.